The monoisotopic (exact) mass is 1230 g/mol. The molecule has 0 bridgehead atoms. The number of aromatic hydroxyl groups is 3. The zero-order valence-electron chi connectivity index (χ0n) is 47.8. The standard InChI is InChI=1S/C59H78N12O13S2/c1-31(2)49(59(84)69-48(30-86)58(83)71-50(32(3)72)51(62)76)70-53(78)43(10-6-7-23-60)64-56(81)46(27-36-28-63-42-9-5-4-8-40(36)42)67-54(79)45(26-35-15-21-39(75)22-16-35)66-57(82)47(29-85)68-55(80)44(25-34-13-19-38(74)20-14-34)65-52(77)41(61)24-33-11-17-37(73)18-12-33/h4-5,8-9,11-22,28,31-32,41,43-50,63,72-75,85-86H,6-7,10,23-27,29-30,60-61H2,1-3H3,(H2,62,76)(H,64,81)(H,65,77)(H,66,82)(H,67,79)(H,68,80)(H,69,84)(H,70,78)(H,71,83)/t32-,41+,43+,44-,45+,46-,47+,48+,49+,50+/m1/s1. The van der Waals surface area contributed by atoms with Gasteiger partial charge in [0, 0.05) is 47.9 Å². The van der Waals surface area contributed by atoms with Crippen LogP contribution in [0.1, 0.15) is 62.3 Å². The molecule has 1 heterocycles. The minimum absolute atomic E-state index is 0.00688. The zero-order valence-corrected chi connectivity index (χ0v) is 49.6. The first kappa shape index (κ1) is 68.4. The second-order valence-electron chi connectivity index (χ2n) is 21.2. The minimum Gasteiger partial charge on any atom is -0.508 e. The van der Waals surface area contributed by atoms with Crippen molar-refractivity contribution >= 4 is 89.3 Å². The number of hydrogen-bond donors (Lipinski definition) is 18. The highest BCUT2D eigenvalue weighted by Gasteiger charge is 2.36. The molecule has 0 fully saturated rings. The summed E-state index contributed by atoms with van der Waals surface area (Å²) in [7, 11) is 0. The van der Waals surface area contributed by atoms with E-state index < -0.39 is 120 Å². The molecule has 19 N–H and O–H groups in total. The largest absolute Gasteiger partial charge is 0.508 e. The van der Waals surface area contributed by atoms with Crippen LogP contribution in [-0.2, 0) is 68.8 Å². The number of fused-ring (bicyclic) bond motifs is 1. The number of nitrogens with two attached hydrogens (primary N) is 3. The van der Waals surface area contributed by atoms with Gasteiger partial charge in [-0.3, -0.25) is 43.2 Å². The molecule has 27 heteroatoms. The van der Waals surface area contributed by atoms with Crippen molar-refractivity contribution in [2.24, 2.45) is 23.1 Å². The molecule has 10 atom stereocenters. The maximum atomic E-state index is 14.9. The van der Waals surface area contributed by atoms with Gasteiger partial charge in [-0.1, -0.05) is 68.4 Å². The number of primary amides is 1. The summed E-state index contributed by atoms with van der Waals surface area (Å²) < 4.78 is 0. The summed E-state index contributed by atoms with van der Waals surface area (Å²) in [6.07, 6.45) is 0.563. The number of rotatable bonds is 33. The fourth-order valence-corrected chi connectivity index (χ4v) is 9.63. The highest BCUT2D eigenvalue weighted by molar-refractivity contribution is 7.80. The number of aliphatic hydroxyl groups is 1. The Hall–Kier alpha value is -8.37. The number of nitrogens with one attached hydrogen (secondary N) is 9. The average molecular weight is 1230 g/mol. The number of thiol groups is 2. The van der Waals surface area contributed by atoms with Crippen LogP contribution in [0.5, 0.6) is 17.2 Å². The van der Waals surface area contributed by atoms with Crippen LogP contribution in [0.4, 0.5) is 0 Å². The van der Waals surface area contributed by atoms with Gasteiger partial charge in [0.15, 0.2) is 0 Å². The molecule has 0 aliphatic rings. The fourth-order valence-electron chi connectivity index (χ4n) is 9.11. The second-order valence-corrected chi connectivity index (χ2v) is 21.9. The van der Waals surface area contributed by atoms with Crippen molar-refractivity contribution in [3.05, 3.63) is 126 Å². The smallest absolute Gasteiger partial charge is 0.244 e. The number of carbonyl (C=O) groups is 9. The third-order valence-corrected chi connectivity index (χ3v) is 14.8. The summed E-state index contributed by atoms with van der Waals surface area (Å²) in [5.74, 6) is -9.07. The highest BCUT2D eigenvalue weighted by Crippen LogP contribution is 2.21. The van der Waals surface area contributed by atoms with Crippen molar-refractivity contribution in [3.8, 4) is 17.2 Å². The Morgan fingerprint density at radius 1 is 0.488 bits per heavy atom. The van der Waals surface area contributed by atoms with Crippen molar-refractivity contribution in [3.63, 3.8) is 0 Å². The number of aromatic nitrogens is 1. The van der Waals surface area contributed by atoms with E-state index in [-0.39, 0.29) is 67.4 Å². The van der Waals surface area contributed by atoms with Crippen molar-refractivity contribution in [1.29, 1.82) is 0 Å². The van der Waals surface area contributed by atoms with Gasteiger partial charge in [0.2, 0.25) is 53.2 Å². The molecule has 25 nitrogen and oxygen atoms in total. The first-order chi connectivity index (χ1) is 40.9. The quantitative estimate of drug-likeness (QED) is 0.0182. The SMILES string of the molecule is CC(C)[C@H](NC(=O)[C@H](CCCCN)NC(=O)[C@@H](Cc1c[nH]c2ccccc12)NC(=O)[C@H](Cc1ccc(O)cc1)NC(=O)[C@H](CS)NC(=O)[C@@H](Cc1ccc(O)cc1)NC(=O)[C@@H](N)Cc1ccc(O)cc1)C(=O)N[C@@H](CS)C(=O)N[C@H](C(N)=O)[C@@H](C)O. The van der Waals surface area contributed by atoms with Gasteiger partial charge >= 0.3 is 0 Å². The topological polar surface area (TPSA) is 425 Å². The van der Waals surface area contributed by atoms with Gasteiger partial charge in [0.1, 0.15) is 65.6 Å². The predicted molar refractivity (Wildman–Crippen MR) is 327 cm³/mol. The summed E-state index contributed by atoms with van der Waals surface area (Å²) in [4.78, 5) is 129. The van der Waals surface area contributed by atoms with E-state index >= 15 is 0 Å². The van der Waals surface area contributed by atoms with E-state index in [2.05, 4.69) is 72.8 Å². The van der Waals surface area contributed by atoms with Gasteiger partial charge in [-0.05, 0) is 110 Å². The highest BCUT2D eigenvalue weighted by atomic mass is 32.1. The molecule has 0 spiro atoms. The normalized spacial score (nSPS) is 14.8. The van der Waals surface area contributed by atoms with Crippen LogP contribution >= 0.6 is 25.3 Å². The first-order valence-electron chi connectivity index (χ1n) is 27.9. The molecule has 0 saturated carbocycles. The fraction of sp³-hybridized carbons (Fsp3) is 0.407. The molecule has 86 heavy (non-hydrogen) atoms. The van der Waals surface area contributed by atoms with Crippen molar-refractivity contribution in [2.45, 2.75) is 126 Å². The maximum absolute atomic E-state index is 14.9. The van der Waals surface area contributed by atoms with E-state index in [1.54, 1.807) is 62.5 Å². The Morgan fingerprint density at radius 3 is 1.35 bits per heavy atom. The summed E-state index contributed by atoms with van der Waals surface area (Å²) in [6, 6.07) is 12.5. The number of hydrogen-bond acceptors (Lipinski definition) is 17. The molecule has 464 valence electrons. The number of H-pyrrole nitrogens is 1. The lowest BCUT2D eigenvalue weighted by Gasteiger charge is -2.29. The van der Waals surface area contributed by atoms with E-state index in [9.17, 15) is 63.6 Å². The molecular formula is C59H78N12O13S2. The number of phenolic OH excluding ortho intramolecular Hbond substituents is 3. The number of para-hydroxylation sites is 1. The maximum Gasteiger partial charge on any atom is 0.244 e. The lowest BCUT2D eigenvalue weighted by atomic mass is 10.00. The Morgan fingerprint density at radius 2 is 0.884 bits per heavy atom. The third-order valence-electron chi connectivity index (χ3n) is 14.0. The van der Waals surface area contributed by atoms with Crippen molar-refractivity contribution in [2.75, 3.05) is 18.1 Å². The first-order valence-corrected chi connectivity index (χ1v) is 29.1. The van der Waals surface area contributed by atoms with E-state index in [1.807, 2.05) is 6.07 Å². The van der Waals surface area contributed by atoms with Crippen molar-refractivity contribution in [1.82, 2.24) is 47.5 Å². The van der Waals surface area contributed by atoms with Crippen LogP contribution in [-0.4, -0.2) is 157 Å². The lowest BCUT2D eigenvalue weighted by molar-refractivity contribution is -0.136. The Bertz CT molecular complexity index is 3110. The van der Waals surface area contributed by atoms with Crippen LogP contribution in [0.15, 0.2) is 103 Å². The number of aliphatic hydroxyl groups excluding tert-OH is 1. The van der Waals surface area contributed by atoms with Gasteiger partial charge in [-0.2, -0.15) is 25.3 Å². The molecule has 0 aliphatic carbocycles. The Labute approximate surface area is 508 Å². The average Bonchev–Trinajstić information content (AvgIpc) is 3.91. The van der Waals surface area contributed by atoms with Crippen molar-refractivity contribution < 1.29 is 63.6 Å². The molecule has 9 amide bonds. The molecule has 4 aromatic carbocycles. The van der Waals surface area contributed by atoms with E-state index in [1.165, 1.54) is 55.5 Å². The van der Waals surface area contributed by atoms with Crippen LogP contribution in [0.25, 0.3) is 10.9 Å². The van der Waals surface area contributed by atoms with Crippen LogP contribution in [0, 0.1) is 5.92 Å². The Kier molecular flexibility index (Phi) is 26.5. The minimum atomic E-state index is -1.50. The van der Waals surface area contributed by atoms with Crippen LogP contribution in [0.3, 0.4) is 0 Å². The lowest BCUT2D eigenvalue weighted by Crippen LogP contribution is -2.62. The summed E-state index contributed by atoms with van der Waals surface area (Å²) in [5.41, 5.74) is 20.3. The van der Waals surface area contributed by atoms with Gasteiger partial charge in [-0.15, -0.1) is 0 Å². The van der Waals surface area contributed by atoms with E-state index in [0.29, 0.717) is 46.0 Å². The van der Waals surface area contributed by atoms with Gasteiger partial charge < -0.3 is 85.1 Å². The molecule has 0 radical (unpaired) electrons. The molecular weight excluding hydrogens is 1150 g/mol. The van der Waals surface area contributed by atoms with E-state index in [0.717, 1.165) is 0 Å². The van der Waals surface area contributed by atoms with Crippen LogP contribution in [0.2, 0.25) is 0 Å². The van der Waals surface area contributed by atoms with E-state index in [4.69, 9.17) is 17.2 Å². The number of amides is 9. The molecule has 0 aliphatic heterocycles. The molecule has 1 aromatic heterocycles. The second kappa shape index (κ2) is 33.4. The molecule has 5 rings (SSSR count). The van der Waals surface area contributed by atoms with Gasteiger partial charge in [-0.25, -0.2) is 0 Å². The summed E-state index contributed by atoms with van der Waals surface area (Å²) in [5, 5.41) is 61.5. The van der Waals surface area contributed by atoms with Gasteiger partial charge in [0.25, 0.3) is 0 Å². The summed E-state index contributed by atoms with van der Waals surface area (Å²) >= 11 is 8.56. The molecule has 0 unspecified atom stereocenters. The summed E-state index contributed by atoms with van der Waals surface area (Å²) in [6.45, 7) is 4.73. The molecule has 5 aromatic rings. The number of phenols is 3. The zero-order chi connectivity index (χ0) is 63.2. The predicted octanol–water partition coefficient (Wildman–Crippen LogP) is -0.728. The number of carbonyl (C=O) groups excluding carboxylic acids is 9. The number of unbranched alkanes of at least 4 members (excludes halogenated alkanes) is 1. The third kappa shape index (κ3) is 20.7. The number of aromatic amines is 1. The van der Waals surface area contributed by atoms with Gasteiger partial charge in [0.05, 0.1) is 12.1 Å². The molecule has 0 saturated heterocycles. The van der Waals surface area contributed by atoms with Crippen LogP contribution < -0.4 is 59.7 Å². The number of benzene rings is 4. The Balaban J connectivity index is 1.42.